The molecule has 0 radical (unpaired) electrons. The second kappa shape index (κ2) is 4.85. The van der Waals surface area contributed by atoms with Gasteiger partial charge in [-0.05, 0) is 5.56 Å². The van der Waals surface area contributed by atoms with Crippen molar-refractivity contribution in [3.63, 3.8) is 0 Å². The highest BCUT2D eigenvalue weighted by Gasteiger charge is 1.87. The van der Waals surface area contributed by atoms with E-state index < -0.39 is 0 Å². The molecule has 0 atom stereocenters. The number of rotatable bonds is 3. The monoisotopic (exact) mass is 198 g/mol. The normalized spacial score (nSPS) is 10.4. The van der Waals surface area contributed by atoms with E-state index in [1.54, 1.807) is 24.8 Å². The molecule has 1 N–H and O–H groups in total. The second-order valence-corrected chi connectivity index (χ2v) is 2.87. The van der Waals surface area contributed by atoms with E-state index >= 15 is 0 Å². The van der Waals surface area contributed by atoms with E-state index in [0.29, 0.717) is 5.82 Å². The number of benzene rings is 1. The molecule has 0 fully saturated rings. The number of aromatic nitrogens is 2. The molecule has 0 spiro atoms. The van der Waals surface area contributed by atoms with Gasteiger partial charge in [0.15, 0.2) is 5.82 Å². The Balaban J connectivity index is 1.97. The van der Waals surface area contributed by atoms with E-state index in [0.717, 1.165) is 5.56 Å². The smallest absolute Gasteiger partial charge is 0.164 e. The summed E-state index contributed by atoms with van der Waals surface area (Å²) in [6.07, 6.45) is 6.57. The summed E-state index contributed by atoms with van der Waals surface area (Å²) < 4.78 is 0. The van der Waals surface area contributed by atoms with E-state index in [9.17, 15) is 0 Å². The maximum Gasteiger partial charge on any atom is 0.164 e. The molecule has 0 bridgehead atoms. The first-order valence-corrected chi connectivity index (χ1v) is 4.55. The van der Waals surface area contributed by atoms with Crippen LogP contribution in [0, 0.1) is 0 Å². The van der Waals surface area contributed by atoms with Gasteiger partial charge in [0, 0.05) is 12.4 Å². The molecule has 15 heavy (non-hydrogen) atoms. The van der Waals surface area contributed by atoms with Crippen molar-refractivity contribution in [1.29, 1.82) is 0 Å². The molecule has 4 nitrogen and oxygen atoms in total. The third-order valence-electron chi connectivity index (χ3n) is 1.76. The third kappa shape index (κ3) is 2.87. The lowest BCUT2D eigenvalue weighted by Gasteiger charge is -1.96. The van der Waals surface area contributed by atoms with E-state index in [4.69, 9.17) is 0 Å². The van der Waals surface area contributed by atoms with Gasteiger partial charge in [-0.3, -0.25) is 10.4 Å². The summed E-state index contributed by atoms with van der Waals surface area (Å²) >= 11 is 0. The lowest BCUT2D eigenvalue weighted by atomic mass is 10.2. The zero-order chi connectivity index (χ0) is 10.3. The zero-order valence-electron chi connectivity index (χ0n) is 8.04. The number of anilines is 1. The highest BCUT2D eigenvalue weighted by Crippen LogP contribution is 1.97. The van der Waals surface area contributed by atoms with Crippen LogP contribution in [0.3, 0.4) is 0 Å². The first kappa shape index (κ1) is 9.33. The average Bonchev–Trinajstić information content (AvgIpc) is 2.32. The largest absolute Gasteiger partial charge is 0.260 e. The zero-order valence-corrected chi connectivity index (χ0v) is 8.04. The van der Waals surface area contributed by atoms with Gasteiger partial charge >= 0.3 is 0 Å². The molecule has 0 saturated carbocycles. The van der Waals surface area contributed by atoms with Gasteiger partial charge in [-0.25, -0.2) is 4.98 Å². The fraction of sp³-hybridized carbons (Fsp3) is 0. The molecule has 0 unspecified atom stereocenters. The molecule has 0 aliphatic rings. The number of hydrogen-bond acceptors (Lipinski definition) is 4. The number of nitrogens with one attached hydrogen (secondary N) is 1. The van der Waals surface area contributed by atoms with E-state index in [-0.39, 0.29) is 0 Å². The van der Waals surface area contributed by atoms with Gasteiger partial charge in [0.25, 0.3) is 0 Å². The highest BCUT2D eigenvalue weighted by molar-refractivity contribution is 5.79. The number of hydrazone groups is 1. The van der Waals surface area contributed by atoms with E-state index in [1.165, 1.54) is 0 Å². The minimum Gasteiger partial charge on any atom is -0.260 e. The minimum absolute atomic E-state index is 0.629. The minimum atomic E-state index is 0.629. The van der Waals surface area contributed by atoms with Crippen LogP contribution >= 0.6 is 0 Å². The van der Waals surface area contributed by atoms with Gasteiger partial charge in [0.1, 0.15) is 0 Å². The molecule has 2 aromatic rings. The second-order valence-electron chi connectivity index (χ2n) is 2.87. The van der Waals surface area contributed by atoms with Crippen molar-refractivity contribution in [3.8, 4) is 0 Å². The van der Waals surface area contributed by atoms with Crippen LogP contribution in [-0.4, -0.2) is 16.2 Å². The first-order valence-electron chi connectivity index (χ1n) is 4.55. The molecule has 0 saturated heterocycles. The van der Waals surface area contributed by atoms with Gasteiger partial charge in [0.05, 0.1) is 12.4 Å². The quantitative estimate of drug-likeness (QED) is 0.605. The van der Waals surface area contributed by atoms with Crippen molar-refractivity contribution in [3.05, 3.63) is 54.5 Å². The SMILES string of the molecule is C(=N/Nc1cnccn1)/c1ccccc1. The van der Waals surface area contributed by atoms with Crippen molar-refractivity contribution >= 4 is 12.0 Å². The van der Waals surface area contributed by atoms with Crippen molar-refractivity contribution < 1.29 is 0 Å². The summed E-state index contributed by atoms with van der Waals surface area (Å²) in [5, 5.41) is 4.03. The van der Waals surface area contributed by atoms with Crippen LogP contribution in [0.5, 0.6) is 0 Å². The molecule has 74 valence electrons. The van der Waals surface area contributed by atoms with Crippen molar-refractivity contribution in [1.82, 2.24) is 9.97 Å². The topological polar surface area (TPSA) is 50.2 Å². The predicted molar refractivity (Wildman–Crippen MR) is 59.7 cm³/mol. The van der Waals surface area contributed by atoms with Gasteiger partial charge in [-0.15, -0.1) is 0 Å². The van der Waals surface area contributed by atoms with Gasteiger partial charge in [0.2, 0.25) is 0 Å². The summed E-state index contributed by atoms with van der Waals surface area (Å²) in [7, 11) is 0. The van der Waals surface area contributed by atoms with Crippen LogP contribution in [0.1, 0.15) is 5.56 Å². The maximum absolute atomic E-state index is 4.03. The summed E-state index contributed by atoms with van der Waals surface area (Å²) in [6.45, 7) is 0. The van der Waals surface area contributed by atoms with Gasteiger partial charge in [-0.2, -0.15) is 5.10 Å². The lowest BCUT2D eigenvalue weighted by Crippen LogP contribution is -1.93. The Morgan fingerprint density at radius 2 is 2.00 bits per heavy atom. The van der Waals surface area contributed by atoms with E-state index in [2.05, 4.69) is 20.5 Å². The Labute approximate surface area is 87.7 Å². The fourth-order valence-corrected chi connectivity index (χ4v) is 1.07. The van der Waals surface area contributed by atoms with Gasteiger partial charge in [-0.1, -0.05) is 30.3 Å². The van der Waals surface area contributed by atoms with Crippen LogP contribution in [0.2, 0.25) is 0 Å². The van der Waals surface area contributed by atoms with Crippen LogP contribution < -0.4 is 5.43 Å². The van der Waals surface area contributed by atoms with Crippen molar-refractivity contribution in [2.45, 2.75) is 0 Å². The third-order valence-corrected chi connectivity index (χ3v) is 1.76. The van der Waals surface area contributed by atoms with Crippen LogP contribution in [0.4, 0.5) is 5.82 Å². The fourth-order valence-electron chi connectivity index (χ4n) is 1.07. The Kier molecular flexibility index (Phi) is 3.02. The summed E-state index contributed by atoms with van der Waals surface area (Å²) in [6, 6.07) is 9.84. The molecular formula is C11H10N4. The molecule has 0 aliphatic carbocycles. The van der Waals surface area contributed by atoms with Crippen LogP contribution in [-0.2, 0) is 0 Å². The molecule has 1 aromatic heterocycles. The molecule has 1 heterocycles. The highest BCUT2D eigenvalue weighted by atomic mass is 15.3. The van der Waals surface area contributed by atoms with Crippen LogP contribution in [0.15, 0.2) is 54.0 Å². The summed E-state index contributed by atoms with van der Waals surface area (Å²) in [5.74, 6) is 0.629. The summed E-state index contributed by atoms with van der Waals surface area (Å²) in [5.41, 5.74) is 3.82. The molecule has 4 heteroatoms. The molecule has 0 aliphatic heterocycles. The first-order chi connectivity index (χ1) is 7.45. The van der Waals surface area contributed by atoms with Crippen molar-refractivity contribution in [2.24, 2.45) is 5.10 Å². The molecule has 0 amide bonds. The molecule has 1 aromatic carbocycles. The molecular weight excluding hydrogens is 188 g/mol. The molecule has 2 rings (SSSR count). The Morgan fingerprint density at radius 3 is 2.73 bits per heavy atom. The maximum atomic E-state index is 4.03. The summed E-state index contributed by atoms with van der Waals surface area (Å²) in [4.78, 5) is 7.93. The number of nitrogens with zero attached hydrogens (tertiary/aromatic N) is 3. The van der Waals surface area contributed by atoms with E-state index in [1.807, 2.05) is 30.3 Å². The Bertz CT molecular complexity index is 425. The lowest BCUT2D eigenvalue weighted by molar-refractivity contribution is 1.16. The average molecular weight is 198 g/mol. The van der Waals surface area contributed by atoms with Crippen LogP contribution in [0.25, 0.3) is 0 Å². The standard InChI is InChI=1S/C11H10N4/c1-2-4-10(5-3-1)8-14-15-11-9-12-6-7-13-11/h1-9H,(H,13,15)/b14-8-. The van der Waals surface area contributed by atoms with Crippen molar-refractivity contribution in [2.75, 3.05) is 5.43 Å². The Hall–Kier alpha value is -2.23. The Morgan fingerprint density at radius 1 is 1.13 bits per heavy atom. The predicted octanol–water partition coefficient (Wildman–Crippen LogP) is 1.92. The van der Waals surface area contributed by atoms with Gasteiger partial charge < -0.3 is 0 Å². The number of hydrogen-bond donors (Lipinski definition) is 1.